The molecular formula is C13H15N3S. The Balaban J connectivity index is 1.85. The predicted octanol–water partition coefficient (Wildman–Crippen LogP) is 3.41. The Hall–Kier alpha value is -1.34. The van der Waals surface area contributed by atoms with Crippen molar-refractivity contribution in [2.45, 2.75) is 38.5 Å². The molecule has 0 unspecified atom stereocenters. The highest BCUT2D eigenvalue weighted by Gasteiger charge is 2.33. The quantitative estimate of drug-likeness (QED) is 0.813. The third kappa shape index (κ3) is 1.96. The van der Waals surface area contributed by atoms with Crippen LogP contribution in [0.15, 0.2) is 17.8 Å². The number of fused-ring (bicyclic) bond motifs is 1. The molecule has 0 atom stereocenters. The van der Waals surface area contributed by atoms with Gasteiger partial charge in [0.15, 0.2) is 4.96 Å². The van der Waals surface area contributed by atoms with E-state index in [-0.39, 0.29) is 5.41 Å². The zero-order chi connectivity index (χ0) is 11.7. The van der Waals surface area contributed by atoms with Crippen molar-refractivity contribution in [3.8, 4) is 6.07 Å². The standard InChI is InChI=1S/C13H15N3S/c14-10-13(4-2-1-3-5-13)8-11-9-16-6-7-17-12(16)15-11/h6-7,9H,1-5,8H2. The van der Waals surface area contributed by atoms with E-state index in [4.69, 9.17) is 0 Å². The zero-order valence-electron chi connectivity index (χ0n) is 9.72. The van der Waals surface area contributed by atoms with Crippen molar-refractivity contribution in [1.82, 2.24) is 9.38 Å². The highest BCUT2D eigenvalue weighted by atomic mass is 32.1. The molecule has 0 amide bonds. The molecule has 1 fully saturated rings. The van der Waals surface area contributed by atoms with E-state index in [2.05, 4.69) is 17.3 Å². The van der Waals surface area contributed by atoms with E-state index in [1.807, 2.05) is 16.0 Å². The maximum atomic E-state index is 9.45. The molecule has 3 rings (SSSR count). The summed E-state index contributed by atoms with van der Waals surface area (Å²) in [4.78, 5) is 5.62. The van der Waals surface area contributed by atoms with Gasteiger partial charge in [0.05, 0.1) is 17.2 Å². The number of thiazole rings is 1. The maximum Gasteiger partial charge on any atom is 0.193 e. The van der Waals surface area contributed by atoms with E-state index in [9.17, 15) is 5.26 Å². The lowest BCUT2D eigenvalue weighted by Crippen LogP contribution is -2.24. The topological polar surface area (TPSA) is 41.1 Å². The van der Waals surface area contributed by atoms with Crippen LogP contribution >= 0.6 is 11.3 Å². The first-order valence-electron chi connectivity index (χ1n) is 6.14. The number of aromatic nitrogens is 2. The van der Waals surface area contributed by atoms with Crippen LogP contribution in [-0.4, -0.2) is 9.38 Å². The lowest BCUT2D eigenvalue weighted by Gasteiger charge is -2.29. The highest BCUT2D eigenvalue weighted by Crippen LogP contribution is 2.38. The van der Waals surface area contributed by atoms with E-state index in [1.54, 1.807) is 11.3 Å². The Bertz CT molecular complexity index is 526. The fourth-order valence-electron chi connectivity index (χ4n) is 2.76. The fourth-order valence-corrected chi connectivity index (χ4v) is 3.48. The second kappa shape index (κ2) is 4.15. The highest BCUT2D eigenvalue weighted by molar-refractivity contribution is 7.15. The minimum atomic E-state index is -0.151. The van der Waals surface area contributed by atoms with Gasteiger partial charge >= 0.3 is 0 Å². The Kier molecular flexibility index (Phi) is 2.64. The monoisotopic (exact) mass is 245 g/mol. The fraction of sp³-hybridized carbons (Fsp3) is 0.538. The molecule has 0 aromatic carbocycles. The van der Waals surface area contributed by atoms with Gasteiger partial charge in [0.1, 0.15) is 0 Å². The van der Waals surface area contributed by atoms with E-state index in [0.717, 1.165) is 29.9 Å². The van der Waals surface area contributed by atoms with Crippen LogP contribution in [0.3, 0.4) is 0 Å². The molecule has 4 heteroatoms. The molecule has 0 saturated heterocycles. The molecule has 0 spiro atoms. The van der Waals surface area contributed by atoms with Gasteiger partial charge in [-0.25, -0.2) is 4.98 Å². The number of nitriles is 1. The van der Waals surface area contributed by atoms with E-state index >= 15 is 0 Å². The molecule has 17 heavy (non-hydrogen) atoms. The van der Waals surface area contributed by atoms with Crippen LogP contribution in [0, 0.1) is 16.7 Å². The van der Waals surface area contributed by atoms with Crippen LogP contribution in [0.1, 0.15) is 37.8 Å². The van der Waals surface area contributed by atoms with Crippen molar-refractivity contribution in [3.05, 3.63) is 23.5 Å². The molecule has 0 radical (unpaired) electrons. The van der Waals surface area contributed by atoms with Crippen molar-refractivity contribution in [2.75, 3.05) is 0 Å². The molecule has 1 aliphatic carbocycles. The summed E-state index contributed by atoms with van der Waals surface area (Å²) in [6.45, 7) is 0. The normalized spacial score (nSPS) is 19.2. The first kappa shape index (κ1) is 10.8. The first-order valence-corrected chi connectivity index (χ1v) is 7.02. The Morgan fingerprint density at radius 3 is 2.94 bits per heavy atom. The number of nitrogens with zero attached hydrogens (tertiary/aromatic N) is 3. The smallest absolute Gasteiger partial charge is 0.193 e. The average molecular weight is 245 g/mol. The molecular weight excluding hydrogens is 230 g/mol. The van der Waals surface area contributed by atoms with Crippen molar-refractivity contribution in [3.63, 3.8) is 0 Å². The summed E-state index contributed by atoms with van der Waals surface area (Å²) in [6.07, 6.45) is 10.6. The molecule has 2 aromatic rings. The lowest BCUT2D eigenvalue weighted by atomic mass is 9.72. The van der Waals surface area contributed by atoms with Gasteiger partial charge in [-0.3, -0.25) is 4.40 Å². The molecule has 3 nitrogen and oxygen atoms in total. The minimum absolute atomic E-state index is 0.151. The van der Waals surface area contributed by atoms with Gasteiger partial charge in [-0.2, -0.15) is 5.26 Å². The molecule has 2 heterocycles. The van der Waals surface area contributed by atoms with Gasteiger partial charge in [0.2, 0.25) is 0 Å². The third-order valence-corrected chi connectivity index (χ3v) is 4.48. The van der Waals surface area contributed by atoms with Gasteiger partial charge in [-0.1, -0.05) is 19.3 Å². The SMILES string of the molecule is N#CC1(Cc2cn3ccsc3n2)CCCCC1. The summed E-state index contributed by atoms with van der Waals surface area (Å²) in [5.41, 5.74) is 0.919. The van der Waals surface area contributed by atoms with E-state index in [0.29, 0.717) is 0 Å². The molecule has 1 saturated carbocycles. The zero-order valence-corrected chi connectivity index (χ0v) is 10.5. The van der Waals surface area contributed by atoms with E-state index in [1.165, 1.54) is 19.3 Å². The maximum absolute atomic E-state index is 9.45. The lowest BCUT2D eigenvalue weighted by molar-refractivity contribution is 0.264. The van der Waals surface area contributed by atoms with Crippen molar-refractivity contribution in [2.24, 2.45) is 5.41 Å². The molecule has 0 N–H and O–H groups in total. The number of hydrogen-bond donors (Lipinski definition) is 0. The molecule has 1 aliphatic rings. The molecule has 88 valence electrons. The van der Waals surface area contributed by atoms with Crippen LogP contribution in [0.2, 0.25) is 0 Å². The Morgan fingerprint density at radius 1 is 1.41 bits per heavy atom. The van der Waals surface area contributed by atoms with Gasteiger partial charge in [-0.05, 0) is 12.8 Å². The molecule has 2 aromatic heterocycles. The third-order valence-electron chi connectivity index (χ3n) is 3.71. The summed E-state index contributed by atoms with van der Waals surface area (Å²) in [6, 6.07) is 2.56. The van der Waals surface area contributed by atoms with Crippen LogP contribution in [-0.2, 0) is 6.42 Å². The Morgan fingerprint density at radius 2 is 2.24 bits per heavy atom. The second-order valence-corrected chi connectivity index (χ2v) is 5.83. The molecule has 0 aliphatic heterocycles. The average Bonchev–Trinajstić information content (AvgIpc) is 2.91. The largest absolute Gasteiger partial charge is 0.297 e. The van der Waals surface area contributed by atoms with Crippen molar-refractivity contribution in [1.29, 1.82) is 5.26 Å². The van der Waals surface area contributed by atoms with Gasteiger partial charge in [-0.15, -0.1) is 11.3 Å². The summed E-state index contributed by atoms with van der Waals surface area (Å²) >= 11 is 1.65. The van der Waals surface area contributed by atoms with Crippen LogP contribution in [0.25, 0.3) is 4.96 Å². The van der Waals surface area contributed by atoms with Crippen LogP contribution in [0.4, 0.5) is 0 Å². The van der Waals surface area contributed by atoms with E-state index < -0.39 is 0 Å². The summed E-state index contributed by atoms with van der Waals surface area (Å²) in [5, 5.41) is 11.5. The number of rotatable bonds is 2. The summed E-state index contributed by atoms with van der Waals surface area (Å²) in [5.74, 6) is 0. The molecule has 0 bridgehead atoms. The number of imidazole rings is 1. The second-order valence-electron chi connectivity index (χ2n) is 4.95. The van der Waals surface area contributed by atoms with Gasteiger partial charge in [0.25, 0.3) is 0 Å². The van der Waals surface area contributed by atoms with Crippen molar-refractivity contribution >= 4 is 16.3 Å². The first-order chi connectivity index (χ1) is 8.31. The summed E-state index contributed by atoms with van der Waals surface area (Å²) in [7, 11) is 0. The van der Waals surface area contributed by atoms with Gasteiger partial charge in [0, 0.05) is 24.2 Å². The Labute approximate surface area is 105 Å². The predicted molar refractivity (Wildman–Crippen MR) is 67.9 cm³/mol. The van der Waals surface area contributed by atoms with Crippen molar-refractivity contribution < 1.29 is 0 Å². The van der Waals surface area contributed by atoms with Crippen LogP contribution < -0.4 is 0 Å². The van der Waals surface area contributed by atoms with Crippen LogP contribution in [0.5, 0.6) is 0 Å². The minimum Gasteiger partial charge on any atom is -0.297 e. The van der Waals surface area contributed by atoms with Gasteiger partial charge < -0.3 is 0 Å². The summed E-state index contributed by atoms with van der Waals surface area (Å²) < 4.78 is 2.05. The number of hydrogen-bond acceptors (Lipinski definition) is 3.